The lowest BCUT2D eigenvalue weighted by molar-refractivity contribution is 0.0979. The monoisotopic (exact) mass is 325 g/mol. The molecular formula is C18H15NO3S. The van der Waals surface area contributed by atoms with E-state index >= 15 is 0 Å². The number of thioether (sulfide) groups is 1. The van der Waals surface area contributed by atoms with E-state index in [1.807, 2.05) is 36.6 Å². The van der Waals surface area contributed by atoms with Crippen molar-refractivity contribution in [2.24, 2.45) is 0 Å². The van der Waals surface area contributed by atoms with Gasteiger partial charge in [0.25, 0.3) is 0 Å². The zero-order chi connectivity index (χ0) is 16.2. The molecule has 0 N–H and O–H groups in total. The topological polar surface area (TPSA) is 59.3 Å². The van der Waals surface area contributed by atoms with E-state index in [0.29, 0.717) is 17.1 Å². The summed E-state index contributed by atoms with van der Waals surface area (Å²) in [5, 5.41) is 9.43. The third-order valence-electron chi connectivity index (χ3n) is 3.76. The fourth-order valence-electron chi connectivity index (χ4n) is 2.45. The summed E-state index contributed by atoms with van der Waals surface area (Å²) in [5.74, 6) is 0.753. The van der Waals surface area contributed by atoms with E-state index in [0.717, 1.165) is 10.5 Å². The number of Topliss-reactive ketones (excluding diaryl/α,β-unsaturated/α-hetero) is 1. The summed E-state index contributed by atoms with van der Waals surface area (Å²) in [6, 6.07) is 15.0. The van der Waals surface area contributed by atoms with Crippen molar-refractivity contribution < 1.29 is 14.3 Å². The maximum absolute atomic E-state index is 12.4. The van der Waals surface area contributed by atoms with Crippen LogP contribution in [-0.4, -0.2) is 18.8 Å². The molecule has 0 radical (unpaired) electrons. The Morgan fingerprint density at radius 1 is 1.22 bits per heavy atom. The lowest BCUT2D eigenvalue weighted by atomic mass is 9.92. The van der Waals surface area contributed by atoms with Gasteiger partial charge >= 0.3 is 0 Å². The van der Waals surface area contributed by atoms with Crippen molar-refractivity contribution in [2.45, 2.75) is 17.2 Å². The van der Waals surface area contributed by atoms with Gasteiger partial charge in [-0.1, -0.05) is 18.2 Å². The van der Waals surface area contributed by atoms with Gasteiger partial charge in [0.1, 0.15) is 0 Å². The molecular weight excluding hydrogens is 310 g/mol. The molecule has 4 nitrogen and oxygen atoms in total. The molecule has 0 fully saturated rings. The first-order chi connectivity index (χ1) is 11.2. The molecule has 5 heteroatoms. The number of nitrogens with zero attached hydrogens (tertiary/aromatic N) is 1. The first kappa shape index (κ1) is 15.4. The summed E-state index contributed by atoms with van der Waals surface area (Å²) >= 11 is 1.63. The number of fused-ring (bicyclic) bond motifs is 1. The van der Waals surface area contributed by atoms with Crippen LogP contribution in [0.25, 0.3) is 0 Å². The zero-order valence-electron chi connectivity index (χ0n) is 12.6. The van der Waals surface area contributed by atoms with Gasteiger partial charge in [0, 0.05) is 16.9 Å². The predicted molar refractivity (Wildman–Crippen MR) is 88.1 cm³/mol. The van der Waals surface area contributed by atoms with Crippen LogP contribution in [0.5, 0.6) is 11.5 Å². The van der Waals surface area contributed by atoms with E-state index in [2.05, 4.69) is 6.07 Å². The number of benzene rings is 2. The Bertz CT molecular complexity index is 765. The molecule has 1 unspecified atom stereocenters. The molecule has 0 aliphatic carbocycles. The Morgan fingerprint density at radius 2 is 1.96 bits per heavy atom. The molecule has 3 rings (SSSR count). The SMILES string of the molecule is CSc1ccc(C(=O)CC(C#N)c2ccc3c(c2)OCO3)cc1. The number of ketones is 1. The highest BCUT2D eigenvalue weighted by Crippen LogP contribution is 2.35. The summed E-state index contributed by atoms with van der Waals surface area (Å²) in [4.78, 5) is 13.5. The average Bonchev–Trinajstić information content (AvgIpc) is 3.07. The molecule has 2 aromatic rings. The van der Waals surface area contributed by atoms with Gasteiger partial charge in [-0.25, -0.2) is 0 Å². The molecule has 0 amide bonds. The van der Waals surface area contributed by atoms with Crippen LogP contribution in [0.3, 0.4) is 0 Å². The molecule has 2 aromatic carbocycles. The molecule has 23 heavy (non-hydrogen) atoms. The molecule has 0 spiro atoms. The molecule has 1 heterocycles. The maximum atomic E-state index is 12.4. The number of hydrogen-bond donors (Lipinski definition) is 0. The number of carbonyl (C=O) groups excluding carboxylic acids is 1. The maximum Gasteiger partial charge on any atom is 0.231 e. The van der Waals surface area contributed by atoms with Crippen molar-refractivity contribution >= 4 is 17.5 Å². The summed E-state index contributed by atoms with van der Waals surface area (Å²) in [6.45, 7) is 0.191. The van der Waals surface area contributed by atoms with Crippen molar-refractivity contribution in [3.63, 3.8) is 0 Å². The van der Waals surface area contributed by atoms with E-state index in [1.54, 1.807) is 23.9 Å². The summed E-state index contributed by atoms with van der Waals surface area (Å²) < 4.78 is 10.6. The molecule has 116 valence electrons. The minimum absolute atomic E-state index is 0.0399. The van der Waals surface area contributed by atoms with E-state index in [9.17, 15) is 10.1 Å². The van der Waals surface area contributed by atoms with Crippen LogP contribution in [0.2, 0.25) is 0 Å². The van der Waals surface area contributed by atoms with E-state index in [1.165, 1.54) is 0 Å². The fraction of sp³-hybridized carbons (Fsp3) is 0.222. The van der Waals surface area contributed by atoms with Gasteiger partial charge in [0.2, 0.25) is 6.79 Å². The van der Waals surface area contributed by atoms with Crippen molar-refractivity contribution in [3.8, 4) is 17.6 Å². The van der Waals surface area contributed by atoms with Crippen LogP contribution in [0.4, 0.5) is 0 Å². The fourth-order valence-corrected chi connectivity index (χ4v) is 2.86. The van der Waals surface area contributed by atoms with Gasteiger partial charge < -0.3 is 9.47 Å². The molecule has 0 saturated carbocycles. The van der Waals surface area contributed by atoms with Gasteiger partial charge in [-0.3, -0.25) is 4.79 Å². The van der Waals surface area contributed by atoms with E-state index in [4.69, 9.17) is 9.47 Å². The third-order valence-corrected chi connectivity index (χ3v) is 4.50. The number of nitriles is 1. The highest BCUT2D eigenvalue weighted by atomic mass is 32.2. The largest absolute Gasteiger partial charge is 0.454 e. The Kier molecular flexibility index (Phi) is 4.54. The van der Waals surface area contributed by atoms with Gasteiger partial charge in [0.05, 0.1) is 12.0 Å². The van der Waals surface area contributed by atoms with Crippen molar-refractivity contribution in [1.82, 2.24) is 0 Å². The van der Waals surface area contributed by atoms with Gasteiger partial charge in [-0.15, -0.1) is 11.8 Å². The second-order valence-corrected chi connectivity index (χ2v) is 6.03. The minimum Gasteiger partial charge on any atom is -0.454 e. The third kappa shape index (κ3) is 3.33. The van der Waals surface area contributed by atoms with Gasteiger partial charge in [0.15, 0.2) is 17.3 Å². The molecule has 1 aliphatic heterocycles. The predicted octanol–water partition coefficient (Wildman–Crippen LogP) is 4.02. The van der Waals surface area contributed by atoms with Crippen LogP contribution in [0.15, 0.2) is 47.4 Å². The summed E-state index contributed by atoms with van der Waals surface area (Å²) in [6.07, 6.45) is 2.14. The first-order valence-corrected chi connectivity index (χ1v) is 8.40. The Balaban J connectivity index is 1.76. The smallest absolute Gasteiger partial charge is 0.231 e. The van der Waals surface area contributed by atoms with Crippen LogP contribution in [-0.2, 0) is 0 Å². The molecule has 1 atom stereocenters. The van der Waals surface area contributed by atoms with Crippen molar-refractivity contribution in [1.29, 1.82) is 5.26 Å². The summed E-state index contributed by atoms with van der Waals surface area (Å²) in [5.41, 5.74) is 1.40. The van der Waals surface area contributed by atoms with Crippen LogP contribution in [0, 0.1) is 11.3 Å². The Hall–Kier alpha value is -2.45. The first-order valence-electron chi connectivity index (χ1n) is 7.17. The second kappa shape index (κ2) is 6.76. The number of ether oxygens (including phenoxy) is 2. The van der Waals surface area contributed by atoms with Crippen LogP contribution >= 0.6 is 11.8 Å². The molecule has 0 saturated heterocycles. The van der Waals surface area contributed by atoms with E-state index < -0.39 is 5.92 Å². The standard InChI is InChI=1S/C18H15NO3S/c1-23-15-5-2-12(3-6-15)16(20)8-14(10-19)13-4-7-17-18(9-13)22-11-21-17/h2-7,9,14H,8,11H2,1H3. The minimum atomic E-state index is -0.503. The highest BCUT2D eigenvalue weighted by molar-refractivity contribution is 7.98. The number of rotatable bonds is 5. The average molecular weight is 325 g/mol. The number of carbonyl (C=O) groups is 1. The lowest BCUT2D eigenvalue weighted by Gasteiger charge is -2.10. The molecule has 1 aliphatic rings. The molecule has 0 aromatic heterocycles. The summed E-state index contributed by atoms with van der Waals surface area (Å²) in [7, 11) is 0. The quantitative estimate of drug-likeness (QED) is 0.614. The van der Waals surface area contributed by atoms with Gasteiger partial charge in [-0.2, -0.15) is 5.26 Å². The highest BCUT2D eigenvalue weighted by Gasteiger charge is 2.20. The van der Waals surface area contributed by atoms with Crippen molar-refractivity contribution in [2.75, 3.05) is 13.0 Å². The van der Waals surface area contributed by atoms with E-state index in [-0.39, 0.29) is 19.0 Å². The number of hydrogen-bond acceptors (Lipinski definition) is 5. The zero-order valence-corrected chi connectivity index (χ0v) is 13.4. The normalized spacial score (nSPS) is 13.4. The van der Waals surface area contributed by atoms with Gasteiger partial charge in [-0.05, 0) is 36.1 Å². The van der Waals surface area contributed by atoms with Crippen molar-refractivity contribution in [3.05, 3.63) is 53.6 Å². The Morgan fingerprint density at radius 3 is 2.65 bits per heavy atom. The molecule has 0 bridgehead atoms. The van der Waals surface area contributed by atoms with Crippen LogP contribution in [0.1, 0.15) is 28.3 Å². The lowest BCUT2D eigenvalue weighted by Crippen LogP contribution is -2.06. The second-order valence-electron chi connectivity index (χ2n) is 5.15. The van der Waals surface area contributed by atoms with Crippen LogP contribution < -0.4 is 9.47 Å². The Labute approximate surface area is 139 Å².